The first-order chi connectivity index (χ1) is 10.5. The number of aromatic nitrogens is 1. The standard InChI is InChI=1S/C15H21N3O4/c1-16-12(19)9-15(21)6-4-8-18(10-15)14(20)11-5-3-7-17-13(11)22-2/h3,5,7,21H,4,6,8-10H2,1-2H3,(H,16,19). The monoisotopic (exact) mass is 307 g/mol. The van der Waals surface area contributed by atoms with E-state index in [1.54, 1.807) is 23.2 Å². The molecule has 0 radical (unpaired) electrons. The number of piperidine rings is 1. The van der Waals surface area contributed by atoms with E-state index in [0.717, 1.165) is 0 Å². The van der Waals surface area contributed by atoms with Gasteiger partial charge in [0.25, 0.3) is 5.91 Å². The number of aliphatic hydroxyl groups is 1. The molecule has 120 valence electrons. The number of methoxy groups -OCH3 is 1. The molecular formula is C15H21N3O4. The zero-order chi connectivity index (χ0) is 16.2. The molecule has 0 aliphatic carbocycles. The molecule has 1 aromatic rings. The number of carbonyl (C=O) groups excluding carboxylic acids is 2. The van der Waals surface area contributed by atoms with Crippen molar-refractivity contribution in [2.45, 2.75) is 24.9 Å². The van der Waals surface area contributed by atoms with Gasteiger partial charge in [0.15, 0.2) is 0 Å². The third-order valence-corrected chi connectivity index (χ3v) is 3.81. The molecule has 2 heterocycles. The van der Waals surface area contributed by atoms with Crippen LogP contribution in [0.15, 0.2) is 18.3 Å². The molecule has 1 aromatic heterocycles. The number of carbonyl (C=O) groups is 2. The van der Waals surface area contributed by atoms with Gasteiger partial charge in [0, 0.05) is 19.8 Å². The fraction of sp³-hybridized carbons (Fsp3) is 0.533. The molecule has 1 unspecified atom stereocenters. The molecule has 22 heavy (non-hydrogen) atoms. The molecule has 1 fully saturated rings. The lowest BCUT2D eigenvalue weighted by Gasteiger charge is -2.38. The van der Waals surface area contributed by atoms with Crippen LogP contribution in [0, 0.1) is 0 Å². The Hall–Kier alpha value is -2.15. The summed E-state index contributed by atoms with van der Waals surface area (Å²) in [6.07, 6.45) is 2.67. The van der Waals surface area contributed by atoms with E-state index in [9.17, 15) is 14.7 Å². The van der Waals surface area contributed by atoms with Gasteiger partial charge in [-0.3, -0.25) is 9.59 Å². The molecule has 7 heteroatoms. The fourth-order valence-electron chi connectivity index (χ4n) is 2.70. The average Bonchev–Trinajstić information content (AvgIpc) is 2.53. The second-order valence-electron chi connectivity index (χ2n) is 5.46. The summed E-state index contributed by atoms with van der Waals surface area (Å²) >= 11 is 0. The molecule has 7 nitrogen and oxygen atoms in total. The second kappa shape index (κ2) is 6.74. The van der Waals surface area contributed by atoms with Crippen molar-refractivity contribution in [2.75, 3.05) is 27.2 Å². The number of amides is 2. The Bertz CT molecular complexity index is 563. The van der Waals surface area contributed by atoms with Crippen molar-refractivity contribution in [2.24, 2.45) is 0 Å². The summed E-state index contributed by atoms with van der Waals surface area (Å²) in [6.45, 7) is 0.657. The molecule has 0 spiro atoms. The van der Waals surface area contributed by atoms with Gasteiger partial charge in [0.2, 0.25) is 11.8 Å². The summed E-state index contributed by atoms with van der Waals surface area (Å²) in [7, 11) is 2.98. The van der Waals surface area contributed by atoms with Gasteiger partial charge in [-0.25, -0.2) is 4.98 Å². The average molecular weight is 307 g/mol. The van der Waals surface area contributed by atoms with Crippen LogP contribution in [-0.2, 0) is 4.79 Å². The summed E-state index contributed by atoms with van der Waals surface area (Å²) in [5.41, 5.74) is -0.835. The highest BCUT2D eigenvalue weighted by Gasteiger charge is 2.37. The normalized spacial score (nSPS) is 21.3. The third kappa shape index (κ3) is 3.54. The number of rotatable bonds is 4. The minimum atomic E-state index is -1.19. The Kier molecular flexibility index (Phi) is 4.97. The molecule has 0 aromatic carbocycles. The van der Waals surface area contributed by atoms with Crippen molar-refractivity contribution in [3.05, 3.63) is 23.9 Å². The van der Waals surface area contributed by atoms with Crippen molar-refractivity contribution < 1.29 is 19.4 Å². The van der Waals surface area contributed by atoms with Gasteiger partial charge in [-0.15, -0.1) is 0 Å². The molecule has 1 aliphatic rings. The summed E-state index contributed by atoms with van der Waals surface area (Å²) < 4.78 is 5.11. The molecule has 2 amide bonds. The maximum absolute atomic E-state index is 12.6. The van der Waals surface area contributed by atoms with Crippen LogP contribution >= 0.6 is 0 Å². The lowest BCUT2D eigenvalue weighted by molar-refractivity contribution is -0.127. The van der Waals surface area contributed by atoms with E-state index in [1.807, 2.05) is 0 Å². The van der Waals surface area contributed by atoms with Crippen LogP contribution in [0.2, 0.25) is 0 Å². The SMILES string of the molecule is CNC(=O)CC1(O)CCCN(C(=O)c2cccnc2OC)C1. The Morgan fingerprint density at radius 2 is 2.32 bits per heavy atom. The molecule has 2 rings (SSSR count). The summed E-state index contributed by atoms with van der Waals surface area (Å²) in [5.74, 6) is -0.233. The largest absolute Gasteiger partial charge is 0.480 e. The van der Waals surface area contributed by atoms with Crippen LogP contribution in [0.5, 0.6) is 5.88 Å². The topological polar surface area (TPSA) is 91.8 Å². The van der Waals surface area contributed by atoms with Gasteiger partial charge >= 0.3 is 0 Å². The molecule has 0 saturated carbocycles. The van der Waals surface area contributed by atoms with E-state index in [4.69, 9.17) is 4.74 Å². The smallest absolute Gasteiger partial charge is 0.259 e. The zero-order valence-electron chi connectivity index (χ0n) is 12.8. The Morgan fingerprint density at radius 3 is 3.00 bits per heavy atom. The number of hydrogen-bond acceptors (Lipinski definition) is 5. The number of hydrogen-bond donors (Lipinski definition) is 2. The maximum Gasteiger partial charge on any atom is 0.259 e. The second-order valence-corrected chi connectivity index (χ2v) is 5.46. The highest BCUT2D eigenvalue weighted by molar-refractivity contribution is 5.96. The van der Waals surface area contributed by atoms with Crippen LogP contribution in [0.25, 0.3) is 0 Å². The fourth-order valence-corrected chi connectivity index (χ4v) is 2.70. The predicted octanol–water partition coefficient (Wildman–Crippen LogP) is 0.193. The van der Waals surface area contributed by atoms with Crippen molar-refractivity contribution in [3.63, 3.8) is 0 Å². The highest BCUT2D eigenvalue weighted by atomic mass is 16.5. The van der Waals surface area contributed by atoms with E-state index in [0.29, 0.717) is 24.9 Å². The van der Waals surface area contributed by atoms with Crippen LogP contribution < -0.4 is 10.1 Å². The van der Waals surface area contributed by atoms with E-state index >= 15 is 0 Å². The van der Waals surface area contributed by atoms with E-state index in [1.165, 1.54) is 14.2 Å². The Labute approximate surface area is 129 Å². The lowest BCUT2D eigenvalue weighted by atomic mass is 9.89. The Balaban J connectivity index is 2.15. The van der Waals surface area contributed by atoms with Gasteiger partial charge in [-0.1, -0.05) is 0 Å². The third-order valence-electron chi connectivity index (χ3n) is 3.81. The van der Waals surface area contributed by atoms with Crippen LogP contribution in [0.3, 0.4) is 0 Å². The first kappa shape index (κ1) is 16.2. The first-order valence-corrected chi connectivity index (χ1v) is 7.20. The van der Waals surface area contributed by atoms with Crippen molar-refractivity contribution in [1.82, 2.24) is 15.2 Å². The van der Waals surface area contributed by atoms with Gasteiger partial charge in [0.05, 0.1) is 25.7 Å². The van der Waals surface area contributed by atoms with E-state index < -0.39 is 5.60 Å². The summed E-state index contributed by atoms with van der Waals surface area (Å²) in [5, 5.41) is 13.1. The molecule has 1 saturated heterocycles. The molecule has 1 atom stereocenters. The Morgan fingerprint density at radius 1 is 1.55 bits per heavy atom. The lowest BCUT2D eigenvalue weighted by Crippen LogP contribution is -2.52. The molecular weight excluding hydrogens is 286 g/mol. The van der Waals surface area contributed by atoms with Gasteiger partial charge in [-0.05, 0) is 25.0 Å². The summed E-state index contributed by atoms with van der Waals surface area (Å²) in [6, 6.07) is 3.30. The number of nitrogens with zero attached hydrogens (tertiary/aromatic N) is 2. The van der Waals surface area contributed by atoms with Crippen molar-refractivity contribution >= 4 is 11.8 Å². The molecule has 0 bridgehead atoms. The quantitative estimate of drug-likeness (QED) is 0.829. The number of pyridine rings is 1. The molecule has 2 N–H and O–H groups in total. The van der Waals surface area contributed by atoms with E-state index in [2.05, 4.69) is 10.3 Å². The predicted molar refractivity (Wildman–Crippen MR) is 79.6 cm³/mol. The highest BCUT2D eigenvalue weighted by Crippen LogP contribution is 2.27. The van der Waals surface area contributed by atoms with Crippen LogP contribution in [0.1, 0.15) is 29.6 Å². The number of nitrogens with one attached hydrogen (secondary N) is 1. The zero-order valence-corrected chi connectivity index (χ0v) is 12.8. The minimum Gasteiger partial charge on any atom is -0.480 e. The van der Waals surface area contributed by atoms with Crippen LogP contribution in [0.4, 0.5) is 0 Å². The van der Waals surface area contributed by atoms with Gasteiger partial charge in [0.1, 0.15) is 5.56 Å². The summed E-state index contributed by atoms with van der Waals surface area (Å²) in [4.78, 5) is 29.7. The molecule has 1 aliphatic heterocycles. The maximum atomic E-state index is 12.6. The van der Waals surface area contributed by atoms with Crippen molar-refractivity contribution in [3.8, 4) is 5.88 Å². The van der Waals surface area contributed by atoms with Crippen LogP contribution in [-0.4, -0.2) is 59.7 Å². The first-order valence-electron chi connectivity index (χ1n) is 7.20. The van der Waals surface area contributed by atoms with Gasteiger partial charge in [-0.2, -0.15) is 0 Å². The minimum absolute atomic E-state index is 0.0164. The number of likely N-dealkylation sites (tertiary alicyclic amines) is 1. The number of β-amino-alcohol motifs (C(OH)–C–C–N with tert-alkyl or cyclic N) is 1. The van der Waals surface area contributed by atoms with Gasteiger partial charge < -0.3 is 20.1 Å². The van der Waals surface area contributed by atoms with E-state index in [-0.39, 0.29) is 30.7 Å². The van der Waals surface area contributed by atoms with Crippen molar-refractivity contribution in [1.29, 1.82) is 0 Å². The number of ether oxygens (including phenoxy) is 1.